The summed E-state index contributed by atoms with van der Waals surface area (Å²) >= 11 is 0. The quantitative estimate of drug-likeness (QED) is 0.240. The van der Waals surface area contributed by atoms with Crippen molar-refractivity contribution in [1.29, 1.82) is 0 Å². The number of hydrogen-bond acceptors (Lipinski definition) is 5. The molecule has 0 saturated carbocycles. The van der Waals surface area contributed by atoms with Crippen LogP contribution in [0.2, 0.25) is 0 Å². The van der Waals surface area contributed by atoms with Gasteiger partial charge in [0.15, 0.2) is 0 Å². The van der Waals surface area contributed by atoms with Gasteiger partial charge < -0.3 is 19.9 Å². The average Bonchev–Trinajstić information content (AvgIpc) is 2.95. The van der Waals surface area contributed by atoms with Crippen LogP contribution in [0.5, 0.6) is 11.5 Å². The van der Waals surface area contributed by atoms with E-state index in [1.807, 2.05) is 24.3 Å². The second kappa shape index (κ2) is 12.0. The Bertz CT molecular complexity index is 1680. The third-order valence-electron chi connectivity index (χ3n) is 7.69. The Balaban J connectivity index is 1.52. The van der Waals surface area contributed by atoms with Crippen LogP contribution in [0.1, 0.15) is 27.0 Å². The molecule has 0 aromatic heterocycles. The topological polar surface area (TPSA) is 88.1 Å². The highest BCUT2D eigenvalue weighted by Gasteiger charge is 2.43. The molecule has 1 saturated heterocycles. The van der Waals surface area contributed by atoms with Crippen LogP contribution < -0.4 is 14.8 Å². The van der Waals surface area contributed by atoms with E-state index in [9.17, 15) is 27.9 Å². The van der Waals surface area contributed by atoms with Crippen molar-refractivity contribution in [3.8, 4) is 22.6 Å². The normalized spacial score (nSPS) is 15.0. The number of nitrogens with one attached hydrogen (secondary N) is 1. The van der Waals surface area contributed by atoms with Gasteiger partial charge in [0.25, 0.3) is 11.8 Å². The van der Waals surface area contributed by atoms with E-state index in [4.69, 9.17) is 9.47 Å². The van der Waals surface area contributed by atoms with Crippen LogP contribution in [-0.2, 0) is 17.8 Å². The average molecular weight is 593 g/mol. The zero-order valence-electron chi connectivity index (χ0n) is 23.9. The summed E-state index contributed by atoms with van der Waals surface area (Å²) in [6, 6.07) is 17.4. The van der Waals surface area contributed by atoms with Gasteiger partial charge in [-0.05, 0) is 46.5 Å². The molecule has 0 radical (unpaired) electrons. The van der Waals surface area contributed by atoms with Gasteiger partial charge in [-0.25, -0.2) is 18.0 Å². The molecule has 1 fully saturated rings. The van der Waals surface area contributed by atoms with Gasteiger partial charge in [0.05, 0.1) is 38.4 Å². The van der Waals surface area contributed by atoms with Gasteiger partial charge in [-0.15, -0.1) is 0 Å². The van der Waals surface area contributed by atoms with Crippen molar-refractivity contribution in [1.82, 2.24) is 10.2 Å². The number of carboxylic acid groups (broad SMARTS) is 1. The Morgan fingerprint density at radius 1 is 0.953 bits per heavy atom. The molecule has 10 heteroatoms. The molecule has 4 aromatic rings. The maximum Gasteiger partial charge on any atom is 0.326 e. The first-order valence-corrected chi connectivity index (χ1v) is 13.7. The molecule has 1 amide bonds. The Kier molecular flexibility index (Phi) is 8.32. The molecule has 0 bridgehead atoms. The summed E-state index contributed by atoms with van der Waals surface area (Å²) in [5, 5.41) is 14.0. The second-order valence-electron chi connectivity index (χ2n) is 10.7. The molecule has 1 atom stereocenters. The number of carbonyl (C=O) groups is 2. The maximum absolute atomic E-state index is 14.4. The molecule has 2 N–H and O–H groups in total. The number of aliphatic carboxylic acids is 1. The number of hydrogen-bond donors (Lipinski definition) is 2. The highest BCUT2D eigenvalue weighted by atomic mass is 19.3. The molecule has 1 heterocycles. The van der Waals surface area contributed by atoms with Crippen molar-refractivity contribution in [2.45, 2.75) is 31.9 Å². The zero-order chi connectivity index (χ0) is 30.9. The SMILES string of the molecule is COc1ccc(CN2CC(F)(F)C2)c(OC)c1-c1cccc2c(C[C@H](NC(=O)c3c(C)cccc3F)C(=O)O)cccc12. The van der Waals surface area contributed by atoms with Crippen LogP contribution in [0.4, 0.5) is 13.2 Å². The predicted octanol–water partition coefficient (Wildman–Crippen LogP) is 5.85. The highest BCUT2D eigenvalue weighted by molar-refractivity contribution is 6.02. The van der Waals surface area contributed by atoms with E-state index in [0.29, 0.717) is 28.2 Å². The van der Waals surface area contributed by atoms with E-state index in [0.717, 1.165) is 28.0 Å². The molecule has 7 nitrogen and oxygen atoms in total. The molecule has 1 aliphatic rings. The van der Waals surface area contributed by atoms with E-state index in [1.54, 1.807) is 42.2 Å². The fraction of sp³-hybridized carbons (Fsp3) is 0.273. The number of rotatable bonds is 10. The minimum Gasteiger partial charge on any atom is -0.496 e. The highest BCUT2D eigenvalue weighted by Crippen LogP contribution is 2.45. The van der Waals surface area contributed by atoms with Crippen molar-refractivity contribution in [3.05, 3.63) is 94.8 Å². The number of carboxylic acids is 1. The van der Waals surface area contributed by atoms with Crippen molar-refractivity contribution < 1.29 is 37.3 Å². The summed E-state index contributed by atoms with van der Waals surface area (Å²) in [7, 11) is 3.04. The summed E-state index contributed by atoms with van der Waals surface area (Å²) in [5.74, 6) is -4.50. The Morgan fingerprint density at radius 2 is 1.65 bits per heavy atom. The summed E-state index contributed by atoms with van der Waals surface area (Å²) in [4.78, 5) is 26.8. The number of carbonyl (C=O) groups excluding carboxylic acids is 1. The summed E-state index contributed by atoms with van der Waals surface area (Å²) in [5.41, 5.74) is 2.94. The standard InChI is InChI=1S/C33H31F3N2O5/c1-19-7-4-12-25(34)28(19)31(39)37-26(32(40)41)15-20-8-5-10-23-22(20)9-6-11-24(23)29-27(42-2)14-13-21(30(29)43-3)16-38-17-33(35,36)18-38/h4-14,26H,15-18H2,1-3H3,(H,37,39)(H,40,41)/t26-/m0/s1. The number of benzene rings is 4. The number of fused-ring (bicyclic) bond motifs is 1. The molecule has 4 aromatic carbocycles. The third kappa shape index (κ3) is 6.01. The van der Waals surface area contributed by atoms with Crippen LogP contribution in [0, 0.1) is 12.7 Å². The van der Waals surface area contributed by atoms with Gasteiger partial charge in [-0.1, -0.05) is 54.6 Å². The van der Waals surface area contributed by atoms with Crippen molar-refractivity contribution in [2.75, 3.05) is 27.3 Å². The van der Waals surface area contributed by atoms with Crippen LogP contribution in [0.3, 0.4) is 0 Å². The number of likely N-dealkylation sites (tertiary alicyclic amines) is 1. The summed E-state index contributed by atoms with van der Waals surface area (Å²) in [6.07, 6.45) is -0.0627. The van der Waals surface area contributed by atoms with Gasteiger partial charge in [-0.2, -0.15) is 0 Å². The summed E-state index contributed by atoms with van der Waals surface area (Å²) in [6.45, 7) is 1.20. The predicted molar refractivity (Wildman–Crippen MR) is 156 cm³/mol. The molecular formula is C33H31F3N2O5. The minimum atomic E-state index is -2.70. The number of halogens is 3. The lowest BCUT2D eigenvalue weighted by Crippen LogP contribution is -2.55. The van der Waals surface area contributed by atoms with Crippen LogP contribution in [0.25, 0.3) is 21.9 Å². The Hall–Kier alpha value is -4.57. The van der Waals surface area contributed by atoms with Crippen LogP contribution in [0.15, 0.2) is 66.7 Å². The number of amides is 1. The van der Waals surface area contributed by atoms with Crippen molar-refractivity contribution in [3.63, 3.8) is 0 Å². The number of aryl methyl sites for hydroxylation is 1. The summed E-state index contributed by atoms with van der Waals surface area (Å²) < 4.78 is 52.9. The zero-order valence-corrected chi connectivity index (χ0v) is 23.9. The molecule has 0 aliphatic carbocycles. The second-order valence-corrected chi connectivity index (χ2v) is 10.7. The van der Waals surface area contributed by atoms with Crippen molar-refractivity contribution >= 4 is 22.6 Å². The van der Waals surface area contributed by atoms with Gasteiger partial charge in [0, 0.05) is 18.5 Å². The van der Waals surface area contributed by atoms with E-state index < -0.39 is 29.7 Å². The molecule has 0 unspecified atom stereocenters. The van der Waals surface area contributed by atoms with Gasteiger partial charge in [0.1, 0.15) is 23.4 Å². The lowest BCUT2D eigenvalue weighted by molar-refractivity contribution is -0.139. The van der Waals surface area contributed by atoms with E-state index in [1.165, 1.54) is 20.3 Å². The van der Waals surface area contributed by atoms with Gasteiger partial charge in [-0.3, -0.25) is 9.69 Å². The van der Waals surface area contributed by atoms with Crippen molar-refractivity contribution in [2.24, 2.45) is 0 Å². The molecule has 0 spiro atoms. The number of methoxy groups -OCH3 is 2. The molecule has 1 aliphatic heterocycles. The van der Waals surface area contributed by atoms with E-state index in [2.05, 4.69) is 5.32 Å². The number of nitrogens with zero attached hydrogens (tertiary/aromatic N) is 1. The molecular weight excluding hydrogens is 561 g/mol. The monoisotopic (exact) mass is 592 g/mol. The van der Waals surface area contributed by atoms with E-state index in [-0.39, 0.29) is 31.6 Å². The first-order chi connectivity index (χ1) is 20.5. The lowest BCUT2D eigenvalue weighted by atomic mass is 9.91. The fourth-order valence-corrected chi connectivity index (χ4v) is 5.69. The fourth-order valence-electron chi connectivity index (χ4n) is 5.69. The lowest BCUT2D eigenvalue weighted by Gasteiger charge is -2.39. The largest absolute Gasteiger partial charge is 0.496 e. The third-order valence-corrected chi connectivity index (χ3v) is 7.69. The number of alkyl halides is 2. The Morgan fingerprint density at radius 3 is 2.30 bits per heavy atom. The Labute approximate surface area is 246 Å². The first kappa shape index (κ1) is 29.9. The first-order valence-electron chi connectivity index (χ1n) is 13.7. The van der Waals surface area contributed by atoms with Crippen LogP contribution >= 0.6 is 0 Å². The van der Waals surface area contributed by atoms with Gasteiger partial charge in [0.2, 0.25) is 0 Å². The number of ether oxygens (including phenoxy) is 2. The molecule has 5 rings (SSSR count). The molecule has 43 heavy (non-hydrogen) atoms. The minimum absolute atomic E-state index is 0.0627. The van der Waals surface area contributed by atoms with Gasteiger partial charge >= 0.3 is 5.97 Å². The maximum atomic E-state index is 14.4. The smallest absolute Gasteiger partial charge is 0.326 e. The molecule has 224 valence electrons. The van der Waals surface area contributed by atoms with Crippen LogP contribution in [-0.4, -0.2) is 61.2 Å². The van der Waals surface area contributed by atoms with E-state index >= 15 is 0 Å².